The van der Waals surface area contributed by atoms with Gasteiger partial charge in [-0.05, 0) is 37.5 Å². The molecule has 1 aliphatic carbocycles. The molecule has 0 heterocycles. The minimum Gasteiger partial charge on any atom is -0.497 e. The van der Waals surface area contributed by atoms with Crippen LogP contribution in [0.15, 0.2) is 24.3 Å². The molecule has 4 heteroatoms. The van der Waals surface area contributed by atoms with E-state index in [4.69, 9.17) is 4.74 Å². The van der Waals surface area contributed by atoms with Crippen molar-refractivity contribution in [2.75, 3.05) is 13.7 Å². The highest BCUT2D eigenvalue weighted by Gasteiger charge is 2.22. The van der Waals surface area contributed by atoms with Crippen molar-refractivity contribution < 1.29 is 9.53 Å². The number of methoxy groups -OCH3 is 1. The van der Waals surface area contributed by atoms with Gasteiger partial charge in [0.2, 0.25) is 5.91 Å². The molecule has 4 nitrogen and oxygen atoms in total. The summed E-state index contributed by atoms with van der Waals surface area (Å²) in [6.45, 7) is 2.78. The summed E-state index contributed by atoms with van der Waals surface area (Å²) in [4.78, 5) is 11.5. The lowest BCUT2D eigenvalue weighted by Crippen LogP contribution is -2.30. The summed E-state index contributed by atoms with van der Waals surface area (Å²) in [6, 6.07) is 8.64. The van der Waals surface area contributed by atoms with E-state index in [9.17, 15) is 4.79 Å². The van der Waals surface area contributed by atoms with Crippen LogP contribution in [0.5, 0.6) is 5.75 Å². The van der Waals surface area contributed by atoms with Crippen LogP contribution in [0.3, 0.4) is 0 Å². The number of benzene rings is 1. The number of amides is 1. The van der Waals surface area contributed by atoms with Crippen LogP contribution in [0.25, 0.3) is 0 Å². The first kappa shape index (κ1) is 13.9. The summed E-state index contributed by atoms with van der Waals surface area (Å²) in [7, 11) is 1.67. The van der Waals surface area contributed by atoms with Gasteiger partial charge in [-0.3, -0.25) is 4.79 Å². The third-order valence-corrected chi connectivity index (χ3v) is 3.34. The summed E-state index contributed by atoms with van der Waals surface area (Å²) in [5, 5.41) is 6.35. The SMILES string of the molecule is COc1cccc([C@H](C)NCCC(=O)NC2CC2)c1. The first-order valence-corrected chi connectivity index (χ1v) is 6.85. The van der Waals surface area contributed by atoms with E-state index in [1.54, 1.807) is 7.11 Å². The minimum absolute atomic E-state index is 0.146. The topological polar surface area (TPSA) is 50.4 Å². The van der Waals surface area contributed by atoms with Crippen molar-refractivity contribution in [2.45, 2.75) is 38.3 Å². The van der Waals surface area contributed by atoms with E-state index in [1.165, 1.54) is 5.56 Å². The molecule has 1 aliphatic rings. The summed E-state index contributed by atoms with van der Waals surface area (Å²) in [5.41, 5.74) is 1.17. The van der Waals surface area contributed by atoms with Crippen LogP contribution in [0.1, 0.15) is 37.8 Å². The van der Waals surface area contributed by atoms with E-state index in [0.29, 0.717) is 19.0 Å². The quantitative estimate of drug-likeness (QED) is 0.790. The maximum Gasteiger partial charge on any atom is 0.221 e. The number of hydrogen-bond donors (Lipinski definition) is 2. The van der Waals surface area contributed by atoms with Gasteiger partial charge in [0.05, 0.1) is 7.11 Å². The molecule has 1 atom stereocenters. The Morgan fingerprint density at radius 3 is 2.95 bits per heavy atom. The van der Waals surface area contributed by atoms with Crippen molar-refractivity contribution in [3.63, 3.8) is 0 Å². The second-order valence-electron chi connectivity index (χ2n) is 5.04. The van der Waals surface area contributed by atoms with Crippen LogP contribution >= 0.6 is 0 Å². The number of hydrogen-bond acceptors (Lipinski definition) is 3. The molecule has 0 unspecified atom stereocenters. The molecule has 104 valence electrons. The highest BCUT2D eigenvalue weighted by molar-refractivity contribution is 5.76. The Balaban J connectivity index is 1.73. The molecule has 0 spiro atoms. The van der Waals surface area contributed by atoms with Crippen LogP contribution in [-0.2, 0) is 4.79 Å². The van der Waals surface area contributed by atoms with Gasteiger partial charge in [-0.15, -0.1) is 0 Å². The molecule has 19 heavy (non-hydrogen) atoms. The second kappa shape index (κ2) is 6.57. The Kier molecular flexibility index (Phi) is 4.80. The van der Waals surface area contributed by atoms with Crippen LogP contribution < -0.4 is 15.4 Å². The first-order chi connectivity index (χ1) is 9.19. The molecule has 0 radical (unpaired) electrons. The van der Waals surface area contributed by atoms with Gasteiger partial charge in [-0.2, -0.15) is 0 Å². The molecule has 2 N–H and O–H groups in total. The zero-order valence-electron chi connectivity index (χ0n) is 11.6. The molecule has 1 aromatic rings. The standard InChI is InChI=1S/C15H22N2O2/c1-11(12-4-3-5-14(10-12)19-2)16-9-8-15(18)17-13-6-7-13/h3-5,10-11,13,16H,6-9H2,1-2H3,(H,17,18)/t11-/m0/s1. The Bertz CT molecular complexity index is 430. The van der Waals surface area contributed by atoms with Crippen LogP contribution in [0.4, 0.5) is 0 Å². The molecule has 1 fully saturated rings. The zero-order chi connectivity index (χ0) is 13.7. The Labute approximate surface area is 114 Å². The van der Waals surface area contributed by atoms with E-state index in [0.717, 1.165) is 18.6 Å². The first-order valence-electron chi connectivity index (χ1n) is 6.85. The third-order valence-electron chi connectivity index (χ3n) is 3.34. The molecular weight excluding hydrogens is 240 g/mol. The fourth-order valence-corrected chi connectivity index (χ4v) is 1.96. The van der Waals surface area contributed by atoms with Gasteiger partial charge >= 0.3 is 0 Å². The maximum atomic E-state index is 11.5. The Hall–Kier alpha value is -1.55. The molecule has 1 saturated carbocycles. The molecule has 1 aromatic carbocycles. The number of ether oxygens (including phenoxy) is 1. The van der Waals surface area contributed by atoms with Crippen LogP contribution in [-0.4, -0.2) is 25.6 Å². The normalized spacial score (nSPS) is 15.9. The van der Waals surface area contributed by atoms with Crippen molar-refractivity contribution in [3.8, 4) is 5.75 Å². The largest absolute Gasteiger partial charge is 0.497 e. The van der Waals surface area contributed by atoms with E-state index in [2.05, 4.69) is 23.6 Å². The highest BCUT2D eigenvalue weighted by atomic mass is 16.5. The van der Waals surface area contributed by atoms with Crippen molar-refractivity contribution in [2.24, 2.45) is 0 Å². The lowest BCUT2D eigenvalue weighted by molar-refractivity contribution is -0.121. The number of rotatable bonds is 7. The van der Waals surface area contributed by atoms with Crippen LogP contribution in [0.2, 0.25) is 0 Å². The molecule has 1 amide bonds. The van der Waals surface area contributed by atoms with E-state index in [1.807, 2.05) is 18.2 Å². The van der Waals surface area contributed by atoms with Gasteiger partial charge in [0, 0.05) is 25.0 Å². The average molecular weight is 262 g/mol. The van der Waals surface area contributed by atoms with E-state index < -0.39 is 0 Å². The van der Waals surface area contributed by atoms with Crippen molar-refractivity contribution >= 4 is 5.91 Å². The van der Waals surface area contributed by atoms with E-state index >= 15 is 0 Å². The molecule has 2 rings (SSSR count). The lowest BCUT2D eigenvalue weighted by atomic mass is 10.1. The van der Waals surface area contributed by atoms with Crippen molar-refractivity contribution in [3.05, 3.63) is 29.8 Å². The number of nitrogens with one attached hydrogen (secondary N) is 2. The molecule has 0 aliphatic heterocycles. The molecular formula is C15H22N2O2. The zero-order valence-corrected chi connectivity index (χ0v) is 11.6. The monoisotopic (exact) mass is 262 g/mol. The smallest absolute Gasteiger partial charge is 0.221 e. The number of carbonyl (C=O) groups excluding carboxylic acids is 1. The fraction of sp³-hybridized carbons (Fsp3) is 0.533. The molecule has 0 bridgehead atoms. The Morgan fingerprint density at radius 2 is 2.26 bits per heavy atom. The summed E-state index contributed by atoms with van der Waals surface area (Å²) < 4.78 is 5.21. The average Bonchev–Trinajstić information content (AvgIpc) is 3.22. The van der Waals surface area contributed by atoms with Gasteiger partial charge in [-0.25, -0.2) is 0 Å². The van der Waals surface area contributed by atoms with Gasteiger partial charge < -0.3 is 15.4 Å². The second-order valence-corrected chi connectivity index (χ2v) is 5.04. The van der Waals surface area contributed by atoms with Gasteiger partial charge in [-0.1, -0.05) is 12.1 Å². The maximum absolute atomic E-state index is 11.5. The summed E-state index contributed by atoms with van der Waals surface area (Å²) in [6.07, 6.45) is 2.81. The molecule has 0 saturated heterocycles. The third kappa shape index (κ3) is 4.56. The van der Waals surface area contributed by atoms with E-state index in [-0.39, 0.29) is 11.9 Å². The van der Waals surface area contributed by atoms with Gasteiger partial charge in [0.1, 0.15) is 5.75 Å². The van der Waals surface area contributed by atoms with Crippen molar-refractivity contribution in [1.82, 2.24) is 10.6 Å². The lowest BCUT2D eigenvalue weighted by Gasteiger charge is -2.15. The predicted molar refractivity (Wildman–Crippen MR) is 75.2 cm³/mol. The highest BCUT2D eigenvalue weighted by Crippen LogP contribution is 2.19. The fourth-order valence-electron chi connectivity index (χ4n) is 1.96. The number of carbonyl (C=O) groups is 1. The van der Waals surface area contributed by atoms with Gasteiger partial charge in [0.15, 0.2) is 0 Å². The van der Waals surface area contributed by atoms with Crippen molar-refractivity contribution in [1.29, 1.82) is 0 Å². The minimum atomic E-state index is 0.146. The summed E-state index contributed by atoms with van der Waals surface area (Å²) >= 11 is 0. The molecule has 0 aromatic heterocycles. The Morgan fingerprint density at radius 1 is 1.47 bits per heavy atom. The summed E-state index contributed by atoms with van der Waals surface area (Å²) in [5.74, 6) is 1.01. The predicted octanol–water partition coefficient (Wildman–Crippen LogP) is 2.01. The van der Waals surface area contributed by atoms with Crippen LogP contribution in [0, 0.1) is 0 Å². The van der Waals surface area contributed by atoms with Gasteiger partial charge in [0.25, 0.3) is 0 Å².